The number of nitrogens with one attached hydrogen (secondary N) is 1. The highest BCUT2D eigenvalue weighted by atomic mass is 16.3. The van der Waals surface area contributed by atoms with Gasteiger partial charge in [-0.25, -0.2) is 4.68 Å². The number of aliphatic hydroxyl groups excluding tert-OH is 1. The van der Waals surface area contributed by atoms with Gasteiger partial charge >= 0.3 is 0 Å². The molecule has 7 heteroatoms. The van der Waals surface area contributed by atoms with Crippen LogP contribution in [-0.4, -0.2) is 43.9 Å². The zero-order chi connectivity index (χ0) is 12.8. The summed E-state index contributed by atoms with van der Waals surface area (Å²) in [6, 6.07) is 0.0708. The molecule has 2 atom stereocenters. The number of tetrazole rings is 1. The second-order valence-corrected chi connectivity index (χ2v) is 4.76. The minimum absolute atomic E-state index is 0.0708. The largest absolute Gasteiger partial charge is 0.396 e. The number of nitrogens with zero attached hydrogens (tertiary/aromatic N) is 4. The summed E-state index contributed by atoms with van der Waals surface area (Å²) in [5, 5.41) is 23.0. The number of aliphatic hydroxyl groups is 1. The second-order valence-electron chi connectivity index (χ2n) is 4.76. The summed E-state index contributed by atoms with van der Waals surface area (Å²) in [5.74, 6) is 0.0676. The molecule has 0 saturated heterocycles. The molecule has 0 bridgehead atoms. The zero-order valence-corrected chi connectivity index (χ0v) is 10.3. The van der Waals surface area contributed by atoms with Crippen molar-refractivity contribution in [3.8, 4) is 0 Å². The second kappa shape index (κ2) is 6.44. The number of hydrogen-bond acceptors (Lipinski definition) is 5. The molecule has 1 aromatic heterocycles. The van der Waals surface area contributed by atoms with Crippen LogP contribution in [0.5, 0.6) is 0 Å². The predicted octanol–water partition coefficient (Wildman–Crippen LogP) is -0.270. The summed E-state index contributed by atoms with van der Waals surface area (Å²) in [5.41, 5.74) is 0. The van der Waals surface area contributed by atoms with Crippen LogP contribution in [0.25, 0.3) is 0 Å². The molecule has 2 rings (SSSR count). The number of hydrogen-bond donors (Lipinski definition) is 2. The van der Waals surface area contributed by atoms with Crippen molar-refractivity contribution in [3.63, 3.8) is 0 Å². The van der Waals surface area contributed by atoms with E-state index in [-0.39, 0.29) is 31.0 Å². The average Bonchev–Trinajstić information content (AvgIpc) is 2.75. The smallest absolute Gasteiger partial charge is 0.242 e. The number of amides is 1. The van der Waals surface area contributed by atoms with Crippen LogP contribution in [0.15, 0.2) is 6.33 Å². The van der Waals surface area contributed by atoms with Crippen molar-refractivity contribution in [2.45, 2.75) is 44.7 Å². The van der Waals surface area contributed by atoms with Gasteiger partial charge in [0.15, 0.2) is 0 Å². The minimum atomic E-state index is -0.104. The lowest BCUT2D eigenvalue weighted by molar-refractivity contribution is -0.123. The molecule has 0 spiro atoms. The first-order valence-electron chi connectivity index (χ1n) is 6.40. The first-order chi connectivity index (χ1) is 8.79. The van der Waals surface area contributed by atoms with Crippen molar-refractivity contribution in [3.05, 3.63) is 6.33 Å². The summed E-state index contributed by atoms with van der Waals surface area (Å²) in [7, 11) is 0. The highest BCUT2D eigenvalue weighted by Crippen LogP contribution is 2.23. The normalized spacial score (nSPS) is 24.5. The maximum absolute atomic E-state index is 11.8. The van der Waals surface area contributed by atoms with Gasteiger partial charge in [-0.1, -0.05) is 19.3 Å². The van der Waals surface area contributed by atoms with Crippen LogP contribution in [0.4, 0.5) is 0 Å². The van der Waals surface area contributed by atoms with Gasteiger partial charge < -0.3 is 10.4 Å². The Hall–Kier alpha value is -1.50. The van der Waals surface area contributed by atoms with Crippen molar-refractivity contribution in [1.29, 1.82) is 0 Å². The third-order valence-corrected chi connectivity index (χ3v) is 3.44. The molecule has 1 aliphatic rings. The molecular weight excluding hydrogens is 234 g/mol. The van der Waals surface area contributed by atoms with Gasteiger partial charge in [-0.3, -0.25) is 4.79 Å². The average molecular weight is 253 g/mol. The van der Waals surface area contributed by atoms with Gasteiger partial charge in [-0.05, 0) is 23.3 Å². The molecule has 2 N–H and O–H groups in total. The fourth-order valence-corrected chi connectivity index (χ4v) is 2.45. The Bertz CT molecular complexity index is 368. The number of aromatic nitrogens is 4. The van der Waals surface area contributed by atoms with E-state index in [1.807, 2.05) is 0 Å². The molecule has 100 valence electrons. The van der Waals surface area contributed by atoms with E-state index in [2.05, 4.69) is 20.8 Å². The van der Waals surface area contributed by atoms with Gasteiger partial charge in [0.05, 0.1) is 0 Å². The van der Waals surface area contributed by atoms with Crippen LogP contribution in [0, 0.1) is 5.92 Å². The van der Waals surface area contributed by atoms with Crippen LogP contribution in [0.2, 0.25) is 0 Å². The molecule has 0 aromatic carbocycles. The van der Waals surface area contributed by atoms with Gasteiger partial charge in [0, 0.05) is 18.6 Å². The van der Waals surface area contributed by atoms with Crippen LogP contribution in [0.3, 0.4) is 0 Å². The van der Waals surface area contributed by atoms with Crippen molar-refractivity contribution in [2.75, 3.05) is 6.61 Å². The summed E-state index contributed by atoms with van der Waals surface area (Å²) >= 11 is 0. The summed E-state index contributed by atoms with van der Waals surface area (Å²) in [6.07, 6.45) is 6.74. The molecule has 1 aromatic rings. The van der Waals surface area contributed by atoms with E-state index in [0.29, 0.717) is 0 Å². The van der Waals surface area contributed by atoms with Crippen LogP contribution < -0.4 is 5.32 Å². The van der Waals surface area contributed by atoms with Crippen LogP contribution in [-0.2, 0) is 11.3 Å². The molecule has 18 heavy (non-hydrogen) atoms. The molecule has 1 aliphatic carbocycles. The maximum atomic E-state index is 11.8. The molecule has 1 heterocycles. The lowest BCUT2D eigenvalue weighted by atomic mass is 9.95. The predicted molar refractivity (Wildman–Crippen MR) is 63.4 cm³/mol. The molecule has 1 amide bonds. The van der Waals surface area contributed by atoms with E-state index in [4.69, 9.17) is 0 Å². The Balaban J connectivity index is 1.87. The van der Waals surface area contributed by atoms with Gasteiger partial charge in [-0.15, -0.1) is 5.10 Å². The lowest BCUT2D eigenvalue weighted by Gasteiger charge is -2.24. The van der Waals surface area contributed by atoms with Gasteiger partial charge in [0.25, 0.3) is 0 Å². The van der Waals surface area contributed by atoms with Crippen molar-refractivity contribution in [1.82, 2.24) is 25.5 Å². The Labute approximate surface area is 106 Å². The number of rotatable bonds is 4. The van der Waals surface area contributed by atoms with Crippen molar-refractivity contribution < 1.29 is 9.90 Å². The topological polar surface area (TPSA) is 92.9 Å². The molecule has 7 nitrogen and oxygen atoms in total. The standard InChI is InChI=1S/C11H19N5O2/c17-7-9-4-2-1-3-5-10(9)13-11(18)6-16-8-12-14-15-16/h8-10,17H,1-7H2,(H,13,18). The van der Waals surface area contributed by atoms with E-state index < -0.39 is 0 Å². The third-order valence-electron chi connectivity index (χ3n) is 3.44. The van der Waals surface area contributed by atoms with Gasteiger partial charge in [-0.2, -0.15) is 0 Å². The molecule has 0 aliphatic heterocycles. The number of carbonyl (C=O) groups excluding carboxylic acids is 1. The van der Waals surface area contributed by atoms with E-state index in [9.17, 15) is 9.90 Å². The molecule has 2 unspecified atom stereocenters. The van der Waals surface area contributed by atoms with E-state index in [1.165, 1.54) is 17.4 Å². The van der Waals surface area contributed by atoms with Crippen LogP contribution in [0.1, 0.15) is 32.1 Å². The van der Waals surface area contributed by atoms with Crippen molar-refractivity contribution >= 4 is 5.91 Å². The van der Waals surface area contributed by atoms with Gasteiger partial charge in [0.2, 0.25) is 5.91 Å². The summed E-state index contributed by atoms with van der Waals surface area (Å²) in [6.45, 7) is 0.261. The monoisotopic (exact) mass is 253 g/mol. The van der Waals surface area contributed by atoms with E-state index in [0.717, 1.165) is 25.7 Å². The molecule has 1 saturated carbocycles. The van der Waals surface area contributed by atoms with Crippen molar-refractivity contribution in [2.24, 2.45) is 5.92 Å². The zero-order valence-electron chi connectivity index (χ0n) is 10.3. The summed E-state index contributed by atoms with van der Waals surface area (Å²) < 4.78 is 1.39. The highest BCUT2D eigenvalue weighted by Gasteiger charge is 2.24. The molecular formula is C11H19N5O2. The Morgan fingerprint density at radius 1 is 1.39 bits per heavy atom. The van der Waals surface area contributed by atoms with E-state index in [1.54, 1.807) is 0 Å². The Kier molecular flexibility index (Phi) is 4.63. The first-order valence-corrected chi connectivity index (χ1v) is 6.40. The first kappa shape index (κ1) is 12.9. The summed E-state index contributed by atoms with van der Waals surface area (Å²) in [4.78, 5) is 11.8. The molecule has 1 fully saturated rings. The third kappa shape index (κ3) is 3.49. The number of carbonyl (C=O) groups is 1. The quantitative estimate of drug-likeness (QED) is 0.721. The highest BCUT2D eigenvalue weighted by molar-refractivity contribution is 5.75. The lowest BCUT2D eigenvalue weighted by Crippen LogP contribution is -2.42. The fraction of sp³-hybridized carbons (Fsp3) is 0.818. The van der Waals surface area contributed by atoms with Gasteiger partial charge in [0.1, 0.15) is 12.9 Å². The fourth-order valence-electron chi connectivity index (χ4n) is 2.45. The Morgan fingerprint density at radius 2 is 2.22 bits per heavy atom. The molecule has 0 radical (unpaired) electrons. The Morgan fingerprint density at radius 3 is 2.94 bits per heavy atom. The minimum Gasteiger partial charge on any atom is -0.396 e. The van der Waals surface area contributed by atoms with Crippen LogP contribution >= 0.6 is 0 Å². The maximum Gasteiger partial charge on any atom is 0.242 e. The van der Waals surface area contributed by atoms with E-state index >= 15 is 0 Å². The SMILES string of the molecule is O=C(Cn1cnnn1)NC1CCCCCC1CO.